The minimum absolute atomic E-state index is 0.730. The number of hydrogen-bond acceptors (Lipinski definition) is 3. The lowest BCUT2D eigenvalue weighted by Crippen LogP contribution is -2.15. The van der Waals surface area contributed by atoms with Crippen molar-refractivity contribution in [3.63, 3.8) is 0 Å². The number of nitrogens with one attached hydrogen (secondary N) is 1. The van der Waals surface area contributed by atoms with Gasteiger partial charge in [-0.25, -0.2) is 4.98 Å². The average molecular weight is 231 g/mol. The first-order valence-electron chi connectivity index (χ1n) is 6.09. The predicted molar refractivity (Wildman–Crippen MR) is 64.6 cm³/mol. The Balaban J connectivity index is 1.59. The first-order valence-corrected chi connectivity index (χ1v) is 6.09. The molecule has 0 amide bonds. The third-order valence-corrected chi connectivity index (χ3v) is 2.97. The Hall–Kier alpha value is -1.55. The van der Waals surface area contributed by atoms with Crippen molar-refractivity contribution in [2.45, 2.75) is 38.9 Å². The van der Waals surface area contributed by atoms with E-state index in [2.05, 4.69) is 21.1 Å². The van der Waals surface area contributed by atoms with Gasteiger partial charge in [0, 0.05) is 18.8 Å². The summed E-state index contributed by atoms with van der Waals surface area (Å²) in [6.07, 6.45) is 6.56. The Kier molecular flexibility index (Phi) is 2.73. The Bertz CT molecular complexity index is 496. The van der Waals surface area contributed by atoms with Gasteiger partial charge < -0.3 is 14.3 Å². The maximum atomic E-state index is 5.54. The fourth-order valence-electron chi connectivity index (χ4n) is 1.87. The normalized spacial score (nSPS) is 15.4. The molecule has 0 saturated heterocycles. The smallest absolute Gasteiger partial charge is 0.123 e. The van der Waals surface area contributed by atoms with Crippen LogP contribution in [0.5, 0.6) is 0 Å². The summed E-state index contributed by atoms with van der Waals surface area (Å²) < 4.78 is 7.60. The number of rotatable bonds is 5. The number of hydrogen-bond donors (Lipinski definition) is 1. The summed E-state index contributed by atoms with van der Waals surface area (Å²) in [5.41, 5.74) is 1.10. The molecule has 0 atom stereocenters. The fourth-order valence-corrected chi connectivity index (χ4v) is 1.87. The van der Waals surface area contributed by atoms with Gasteiger partial charge in [0.15, 0.2) is 0 Å². The zero-order valence-corrected chi connectivity index (χ0v) is 10.0. The predicted octanol–water partition coefficient (Wildman–Crippen LogP) is 2.08. The molecule has 2 heterocycles. The molecule has 0 bridgehead atoms. The highest BCUT2D eigenvalue weighted by Crippen LogP contribution is 2.19. The van der Waals surface area contributed by atoms with Crippen molar-refractivity contribution in [1.82, 2.24) is 14.9 Å². The van der Waals surface area contributed by atoms with Gasteiger partial charge in [0.1, 0.15) is 11.5 Å². The van der Waals surface area contributed by atoms with Crippen molar-refractivity contribution in [3.8, 4) is 0 Å². The van der Waals surface area contributed by atoms with E-state index >= 15 is 0 Å². The van der Waals surface area contributed by atoms with Crippen LogP contribution in [0.25, 0.3) is 0 Å². The average Bonchev–Trinajstić information content (AvgIpc) is 2.90. The minimum Gasteiger partial charge on any atom is -0.464 e. The van der Waals surface area contributed by atoms with Crippen LogP contribution in [0.1, 0.15) is 30.1 Å². The van der Waals surface area contributed by atoms with E-state index in [1.165, 1.54) is 12.8 Å². The second-order valence-electron chi connectivity index (χ2n) is 4.70. The summed E-state index contributed by atoms with van der Waals surface area (Å²) in [7, 11) is 0. The van der Waals surface area contributed by atoms with Crippen molar-refractivity contribution in [3.05, 3.63) is 41.9 Å². The lowest BCUT2D eigenvalue weighted by molar-refractivity contribution is 0.470. The zero-order valence-electron chi connectivity index (χ0n) is 10.0. The number of nitrogens with zero attached hydrogens (tertiary/aromatic N) is 2. The summed E-state index contributed by atoms with van der Waals surface area (Å²) in [6, 6.07) is 4.73. The standard InChI is InChI=1S/C13H17N3O/c1-10-2-5-13(17-10)8-16-7-12(15-9-16)6-14-11-3-4-11/h2,5,7,9,11,14H,3-4,6,8H2,1H3. The van der Waals surface area contributed by atoms with E-state index in [9.17, 15) is 0 Å². The van der Waals surface area contributed by atoms with Gasteiger partial charge in [-0.15, -0.1) is 0 Å². The molecule has 1 N–H and O–H groups in total. The number of imidazole rings is 1. The molecule has 1 fully saturated rings. The molecule has 2 aromatic heterocycles. The molecule has 90 valence electrons. The first kappa shape index (κ1) is 10.6. The molecule has 1 saturated carbocycles. The van der Waals surface area contributed by atoms with E-state index in [1.54, 1.807) is 0 Å². The summed E-state index contributed by atoms with van der Waals surface area (Å²) in [5, 5.41) is 3.45. The van der Waals surface area contributed by atoms with Crippen LogP contribution in [0.4, 0.5) is 0 Å². The van der Waals surface area contributed by atoms with E-state index in [0.29, 0.717) is 0 Å². The molecule has 1 aliphatic carbocycles. The monoisotopic (exact) mass is 231 g/mol. The fraction of sp³-hybridized carbons (Fsp3) is 0.462. The highest BCUT2D eigenvalue weighted by Gasteiger charge is 2.20. The summed E-state index contributed by atoms with van der Waals surface area (Å²) in [4.78, 5) is 4.38. The molecule has 1 aliphatic rings. The number of aromatic nitrogens is 2. The number of furan rings is 1. The molecule has 0 unspecified atom stereocenters. The molecular formula is C13H17N3O. The van der Waals surface area contributed by atoms with E-state index in [-0.39, 0.29) is 0 Å². The Labute approximate surface area is 101 Å². The van der Waals surface area contributed by atoms with Gasteiger partial charge in [-0.2, -0.15) is 0 Å². The summed E-state index contributed by atoms with van der Waals surface area (Å²) >= 11 is 0. The van der Waals surface area contributed by atoms with Gasteiger partial charge in [-0.1, -0.05) is 0 Å². The Morgan fingerprint density at radius 2 is 2.35 bits per heavy atom. The quantitative estimate of drug-likeness (QED) is 0.856. The molecule has 0 aliphatic heterocycles. The van der Waals surface area contributed by atoms with Crippen LogP contribution < -0.4 is 5.32 Å². The zero-order chi connectivity index (χ0) is 11.7. The van der Waals surface area contributed by atoms with Crippen LogP contribution in [-0.4, -0.2) is 15.6 Å². The first-order chi connectivity index (χ1) is 8.29. The van der Waals surface area contributed by atoms with Crippen molar-refractivity contribution >= 4 is 0 Å². The van der Waals surface area contributed by atoms with Crippen molar-refractivity contribution in [1.29, 1.82) is 0 Å². The van der Waals surface area contributed by atoms with Gasteiger partial charge in [0.25, 0.3) is 0 Å². The van der Waals surface area contributed by atoms with E-state index in [0.717, 1.165) is 36.3 Å². The second kappa shape index (κ2) is 4.37. The second-order valence-corrected chi connectivity index (χ2v) is 4.70. The van der Waals surface area contributed by atoms with Crippen LogP contribution in [0, 0.1) is 6.92 Å². The molecule has 17 heavy (non-hydrogen) atoms. The maximum Gasteiger partial charge on any atom is 0.123 e. The van der Waals surface area contributed by atoms with Crippen LogP contribution in [0.3, 0.4) is 0 Å². The van der Waals surface area contributed by atoms with Crippen molar-refractivity contribution < 1.29 is 4.42 Å². The Morgan fingerprint density at radius 3 is 3.06 bits per heavy atom. The molecule has 2 aromatic rings. The third-order valence-electron chi connectivity index (χ3n) is 2.97. The van der Waals surface area contributed by atoms with Crippen LogP contribution in [0.2, 0.25) is 0 Å². The highest BCUT2D eigenvalue weighted by atomic mass is 16.3. The molecule has 0 spiro atoms. The van der Waals surface area contributed by atoms with Crippen molar-refractivity contribution in [2.24, 2.45) is 0 Å². The SMILES string of the molecule is Cc1ccc(Cn2cnc(CNC3CC3)c2)o1. The maximum absolute atomic E-state index is 5.54. The van der Waals surface area contributed by atoms with E-state index in [4.69, 9.17) is 4.42 Å². The largest absolute Gasteiger partial charge is 0.464 e. The molecular weight excluding hydrogens is 214 g/mol. The van der Waals surface area contributed by atoms with Gasteiger partial charge >= 0.3 is 0 Å². The molecule has 3 rings (SSSR count). The number of aryl methyl sites for hydroxylation is 1. The third kappa shape index (κ3) is 2.77. The molecule has 0 aromatic carbocycles. The Morgan fingerprint density at radius 1 is 1.47 bits per heavy atom. The van der Waals surface area contributed by atoms with Crippen molar-refractivity contribution in [2.75, 3.05) is 0 Å². The summed E-state index contributed by atoms with van der Waals surface area (Å²) in [5.74, 6) is 1.93. The van der Waals surface area contributed by atoms with Gasteiger partial charge in [0.05, 0.1) is 18.6 Å². The van der Waals surface area contributed by atoms with Gasteiger partial charge in [-0.05, 0) is 31.9 Å². The minimum atomic E-state index is 0.730. The summed E-state index contributed by atoms with van der Waals surface area (Å²) in [6.45, 7) is 3.58. The topological polar surface area (TPSA) is 43.0 Å². The van der Waals surface area contributed by atoms with Gasteiger partial charge in [-0.3, -0.25) is 0 Å². The van der Waals surface area contributed by atoms with E-state index < -0.39 is 0 Å². The highest BCUT2D eigenvalue weighted by molar-refractivity contribution is 5.07. The van der Waals surface area contributed by atoms with Gasteiger partial charge in [0.2, 0.25) is 0 Å². The van der Waals surface area contributed by atoms with E-state index in [1.807, 2.05) is 25.4 Å². The lowest BCUT2D eigenvalue weighted by atomic mass is 10.4. The van der Waals surface area contributed by atoms with Crippen LogP contribution in [-0.2, 0) is 13.1 Å². The molecule has 4 nitrogen and oxygen atoms in total. The van der Waals surface area contributed by atoms with Crippen LogP contribution >= 0.6 is 0 Å². The lowest BCUT2D eigenvalue weighted by Gasteiger charge is -1.99. The molecule has 4 heteroatoms. The van der Waals surface area contributed by atoms with Crippen LogP contribution in [0.15, 0.2) is 29.1 Å². The molecule has 0 radical (unpaired) electrons.